The third-order valence-corrected chi connectivity index (χ3v) is 7.57. The second-order valence-corrected chi connectivity index (χ2v) is 11.8. The Morgan fingerprint density at radius 2 is 1.71 bits per heavy atom. The van der Waals surface area contributed by atoms with E-state index in [1.54, 1.807) is 24.0 Å². The third-order valence-electron chi connectivity index (χ3n) is 6.39. The number of nitrogens with zero attached hydrogens (tertiary/aromatic N) is 2. The van der Waals surface area contributed by atoms with Gasteiger partial charge in [-0.25, -0.2) is 14.8 Å². The molecule has 5 nitrogen and oxygen atoms in total. The number of allylic oxidation sites excluding steroid dienone is 1. The van der Waals surface area contributed by atoms with Crippen LogP contribution in [0.2, 0.25) is 5.15 Å². The molecule has 0 amide bonds. The average molecular weight is 526 g/mol. The van der Waals surface area contributed by atoms with E-state index < -0.39 is 6.04 Å². The van der Waals surface area contributed by atoms with E-state index in [-0.39, 0.29) is 5.97 Å². The molecule has 1 N–H and O–H groups in total. The van der Waals surface area contributed by atoms with Gasteiger partial charge >= 0.3 is 5.97 Å². The number of anilines is 1. The maximum atomic E-state index is 12.1. The summed E-state index contributed by atoms with van der Waals surface area (Å²) in [5.74, 6) is 3.94. The quantitative estimate of drug-likeness (QED) is 0.0849. The van der Waals surface area contributed by atoms with Crippen LogP contribution in [-0.2, 0) is 9.53 Å². The minimum Gasteiger partial charge on any atom is -0.467 e. The van der Waals surface area contributed by atoms with Gasteiger partial charge in [0.25, 0.3) is 0 Å². The van der Waals surface area contributed by atoms with Crippen molar-refractivity contribution in [3.05, 3.63) is 29.1 Å². The first-order valence-electron chi connectivity index (χ1n) is 13.3. The number of hydrogen-bond acceptors (Lipinski definition) is 6. The number of hydrogen-bond donors (Lipinski definition) is 1. The summed E-state index contributed by atoms with van der Waals surface area (Å²) in [7, 11) is 1.39. The number of halogens is 1. The summed E-state index contributed by atoms with van der Waals surface area (Å²) in [5, 5.41) is 3.35. The molecule has 0 bridgehead atoms. The molecule has 0 aliphatic heterocycles. The highest BCUT2D eigenvalue weighted by Gasteiger charge is 2.20. The lowest BCUT2D eigenvalue weighted by Gasteiger charge is -2.16. The summed E-state index contributed by atoms with van der Waals surface area (Å²) in [4.78, 5) is 20.3. The van der Waals surface area contributed by atoms with Crippen LogP contribution in [0.1, 0.15) is 92.4 Å². The van der Waals surface area contributed by atoms with Crippen LogP contribution >= 0.6 is 23.4 Å². The Kier molecular flexibility index (Phi) is 17.2. The van der Waals surface area contributed by atoms with E-state index in [1.165, 1.54) is 64.0 Å². The van der Waals surface area contributed by atoms with Gasteiger partial charge in [-0.05, 0) is 43.6 Å². The summed E-state index contributed by atoms with van der Waals surface area (Å²) < 4.78 is 4.92. The maximum Gasteiger partial charge on any atom is 0.329 e. The van der Waals surface area contributed by atoms with Crippen LogP contribution in [0.3, 0.4) is 0 Å². The van der Waals surface area contributed by atoms with Crippen molar-refractivity contribution in [2.75, 3.05) is 23.9 Å². The van der Waals surface area contributed by atoms with E-state index in [0.717, 1.165) is 29.9 Å². The van der Waals surface area contributed by atoms with E-state index >= 15 is 0 Å². The fourth-order valence-corrected chi connectivity index (χ4v) is 5.20. The van der Waals surface area contributed by atoms with Gasteiger partial charge in [0.15, 0.2) is 0 Å². The van der Waals surface area contributed by atoms with Crippen LogP contribution in [0.25, 0.3) is 0 Å². The van der Waals surface area contributed by atoms with Gasteiger partial charge in [-0.2, -0.15) is 11.8 Å². The van der Waals surface area contributed by atoms with Crippen molar-refractivity contribution < 1.29 is 9.53 Å². The molecule has 2 unspecified atom stereocenters. The standard InChI is InChI=1S/C28H48ClN3O2S/c1-21(2)10-7-11-22(3)12-8-13-23(4)14-9-15-24(5)17-19-35-20-25(27(33)34-6)31-28-30-18-16-26(29)32-28/h16-18,21-23,25H,7-15,19-20H2,1-6H3,(H,30,31,32)/b24-17+/t22?,23?,25-/m0/s1. The monoisotopic (exact) mass is 525 g/mol. The predicted molar refractivity (Wildman–Crippen MR) is 152 cm³/mol. The first-order valence-corrected chi connectivity index (χ1v) is 14.8. The van der Waals surface area contributed by atoms with Gasteiger partial charge in [-0.3, -0.25) is 0 Å². The van der Waals surface area contributed by atoms with E-state index in [1.807, 2.05) is 0 Å². The van der Waals surface area contributed by atoms with Gasteiger partial charge in [-0.1, -0.05) is 95.9 Å². The summed E-state index contributed by atoms with van der Waals surface area (Å²) in [6, 6.07) is 1.08. The number of methoxy groups -OCH3 is 1. The van der Waals surface area contributed by atoms with Crippen molar-refractivity contribution in [3.8, 4) is 0 Å². The van der Waals surface area contributed by atoms with Crippen LogP contribution in [0.15, 0.2) is 23.9 Å². The molecule has 0 fully saturated rings. The molecule has 1 rings (SSSR count). The number of aromatic nitrogens is 2. The Bertz CT molecular complexity index is 745. The highest BCUT2D eigenvalue weighted by atomic mass is 35.5. The summed E-state index contributed by atoms with van der Waals surface area (Å²) in [6.07, 6.45) is 15.8. The highest BCUT2D eigenvalue weighted by Crippen LogP contribution is 2.22. The molecule has 0 saturated heterocycles. The molecule has 0 aromatic carbocycles. The zero-order chi connectivity index (χ0) is 26.1. The largest absolute Gasteiger partial charge is 0.467 e. The molecule has 0 aliphatic rings. The minimum absolute atomic E-state index is 0.329. The molecule has 0 radical (unpaired) electrons. The smallest absolute Gasteiger partial charge is 0.329 e. The van der Waals surface area contributed by atoms with E-state index in [2.05, 4.69) is 56.0 Å². The molecule has 7 heteroatoms. The fourth-order valence-electron chi connectivity index (χ4n) is 4.07. The van der Waals surface area contributed by atoms with Crippen LogP contribution in [-0.4, -0.2) is 40.6 Å². The number of carbonyl (C=O) groups excluding carboxylic acids is 1. The number of rotatable bonds is 19. The lowest BCUT2D eigenvalue weighted by Crippen LogP contribution is -2.33. The molecule has 200 valence electrons. The summed E-state index contributed by atoms with van der Waals surface area (Å²) in [5.41, 5.74) is 1.42. The maximum absolute atomic E-state index is 12.1. The predicted octanol–water partition coefficient (Wildman–Crippen LogP) is 8.20. The van der Waals surface area contributed by atoms with Crippen molar-refractivity contribution in [3.63, 3.8) is 0 Å². The van der Waals surface area contributed by atoms with E-state index in [4.69, 9.17) is 16.3 Å². The van der Waals surface area contributed by atoms with Gasteiger partial charge < -0.3 is 10.1 Å². The van der Waals surface area contributed by atoms with Crippen LogP contribution in [0, 0.1) is 17.8 Å². The van der Waals surface area contributed by atoms with Crippen molar-refractivity contribution in [1.82, 2.24) is 9.97 Å². The topological polar surface area (TPSA) is 64.1 Å². The Morgan fingerprint density at radius 3 is 2.31 bits per heavy atom. The van der Waals surface area contributed by atoms with Gasteiger partial charge in [0.1, 0.15) is 11.2 Å². The average Bonchev–Trinajstić information content (AvgIpc) is 2.80. The summed E-state index contributed by atoms with van der Waals surface area (Å²) >= 11 is 7.60. The molecular formula is C28H48ClN3O2S. The molecule has 35 heavy (non-hydrogen) atoms. The Hall–Kier alpha value is -1.27. The third kappa shape index (κ3) is 16.2. The lowest BCUT2D eigenvalue weighted by atomic mass is 9.91. The molecule has 3 atom stereocenters. The van der Waals surface area contributed by atoms with Crippen molar-refractivity contribution in [2.24, 2.45) is 17.8 Å². The molecule has 1 heterocycles. The van der Waals surface area contributed by atoms with Crippen LogP contribution in [0.5, 0.6) is 0 Å². The lowest BCUT2D eigenvalue weighted by molar-refractivity contribution is -0.141. The van der Waals surface area contributed by atoms with Crippen LogP contribution in [0.4, 0.5) is 5.95 Å². The normalized spacial score (nSPS) is 14.6. The SMILES string of the molecule is COC(=O)[C@H](CSC/C=C(\C)CCCC(C)CCCC(C)CCCC(C)C)Nc1nccc(Cl)n1. The number of ether oxygens (including phenoxy) is 1. The first kappa shape index (κ1) is 31.8. The fraction of sp³-hybridized carbons (Fsp3) is 0.750. The Labute approximate surface area is 223 Å². The second kappa shape index (κ2) is 18.9. The van der Waals surface area contributed by atoms with Gasteiger partial charge in [0, 0.05) is 17.7 Å². The highest BCUT2D eigenvalue weighted by molar-refractivity contribution is 7.99. The van der Waals surface area contributed by atoms with Crippen molar-refractivity contribution in [1.29, 1.82) is 0 Å². The van der Waals surface area contributed by atoms with E-state index in [9.17, 15) is 4.79 Å². The number of carbonyl (C=O) groups is 1. The van der Waals surface area contributed by atoms with Crippen molar-refractivity contribution >= 4 is 35.3 Å². The molecule has 0 spiro atoms. The molecular weight excluding hydrogens is 478 g/mol. The Morgan fingerprint density at radius 1 is 1.09 bits per heavy atom. The molecule has 1 aromatic rings. The molecule has 1 aromatic heterocycles. The number of nitrogens with one attached hydrogen (secondary N) is 1. The van der Waals surface area contributed by atoms with Gasteiger partial charge in [0.2, 0.25) is 5.95 Å². The molecule has 0 aliphatic carbocycles. The number of esters is 1. The zero-order valence-electron chi connectivity index (χ0n) is 22.8. The van der Waals surface area contributed by atoms with Crippen LogP contribution < -0.4 is 5.32 Å². The molecule has 0 saturated carbocycles. The van der Waals surface area contributed by atoms with Gasteiger partial charge in [-0.15, -0.1) is 0 Å². The van der Waals surface area contributed by atoms with E-state index in [0.29, 0.717) is 16.9 Å². The van der Waals surface area contributed by atoms with Crippen molar-refractivity contribution in [2.45, 2.75) is 98.4 Å². The summed E-state index contributed by atoms with van der Waals surface area (Å²) in [6.45, 7) is 11.7. The number of thioether (sulfide) groups is 1. The zero-order valence-corrected chi connectivity index (χ0v) is 24.4. The van der Waals surface area contributed by atoms with Gasteiger partial charge in [0.05, 0.1) is 7.11 Å². The Balaban J connectivity index is 2.22. The first-order chi connectivity index (χ1) is 16.7. The second-order valence-electron chi connectivity index (χ2n) is 10.4. The minimum atomic E-state index is -0.518.